The van der Waals surface area contributed by atoms with Gasteiger partial charge in [-0.15, -0.1) is 0 Å². The molecule has 4 rings (SSSR count). The molecule has 31 heavy (non-hydrogen) atoms. The van der Waals surface area contributed by atoms with Gasteiger partial charge in [-0.1, -0.05) is 12.1 Å². The van der Waals surface area contributed by atoms with Crippen LogP contribution >= 0.6 is 0 Å². The van der Waals surface area contributed by atoms with Gasteiger partial charge in [-0.25, -0.2) is 9.78 Å². The number of hydrogen-bond donors (Lipinski definition) is 2. The molecule has 0 aliphatic heterocycles. The summed E-state index contributed by atoms with van der Waals surface area (Å²) in [4.78, 5) is 26.6. The monoisotopic (exact) mass is 415 g/mol. The second kappa shape index (κ2) is 8.31. The van der Waals surface area contributed by atoms with Gasteiger partial charge in [0.05, 0.1) is 24.0 Å². The van der Waals surface area contributed by atoms with Crippen molar-refractivity contribution in [1.82, 2.24) is 14.1 Å². The highest BCUT2D eigenvalue weighted by Crippen LogP contribution is 2.30. The van der Waals surface area contributed by atoms with E-state index in [0.29, 0.717) is 6.42 Å². The van der Waals surface area contributed by atoms with Gasteiger partial charge >= 0.3 is 11.9 Å². The second-order valence-corrected chi connectivity index (χ2v) is 7.26. The van der Waals surface area contributed by atoms with Gasteiger partial charge in [0.15, 0.2) is 0 Å². The summed E-state index contributed by atoms with van der Waals surface area (Å²) >= 11 is 0. The van der Waals surface area contributed by atoms with E-state index in [1.165, 1.54) is 0 Å². The summed E-state index contributed by atoms with van der Waals surface area (Å²) in [7, 11) is 0. The summed E-state index contributed by atoms with van der Waals surface area (Å²) in [6.07, 6.45) is 5.69. The van der Waals surface area contributed by atoms with E-state index >= 15 is 0 Å². The van der Waals surface area contributed by atoms with Crippen molar-refractivity contribution in [3.05, 3.63) is 90.1 Å². The fraction of sp³-hybridized carbons (Fsp3) is 0.125. The van der Waals surface area contributed by atoms with E-state index < -0.39 is 11.9 Å². The van der Waals surface area contributed by atoms with Crippen molar-refractivity contribution in [3.63, 3.8) is 0 Å². The first-order chi connectivity index (χ1) is 14.9. The Hall–Kier alpha value is -4.13. The number of carbonyl (C=O) groups is 2. The minimum absolute atomic E-state index is 0.00920. The molecule has 0 amide bonds. The van der Waals surface area contributed by atoms with E-state index in [4.69, 9.17) is 5.11 Å². The van der Waals surface area contributed by atoms with Crippen LogP contribution in [0.25, 0.3) is 22.6 Å². The first kappa shape index (κ1) is 20.2. The molecular weight excluding hydrogens is 394 g/mol. The molecule has 0 aliphatic carbocycles. The fourth-order valence-electron chi connectivity index (χ4n) is 3.67. The summed E-state index contributed by atoms with van der Waals surface area (Å²) in [6, 6.07) is 16.8. The number of aromatic carboxylic acids is 1. The lowest BCUT2D eigenvalue weighted by Crippen LogP contribution is -2.08. The third-order valence-electron chi connectivity index (χ3n) is 5.21. The summed E-state index contributed by atoms with van der Waals surface area (Å²) in [5.41, 5.74) is 5.53. The van der Waals surface area contributed by atoms with E-state index in [-0.39, 0.29) is 12.0 Å². The van der Waals surface area contributed by atoms with Gasteiger partial charge in [0.25, 0.3) is 0 Å². The van der Waals surface area contributed by atoms with Crippen LogP contribution in [0.1, 0.15) is 28.0 Å². The first-order valence-electron chi connectivity index (χ1n) is 9.79. The number of nitrogens with zero attached hydrogens (tertiary/aromatic N) is 3. The quantitative estimate of drug-likeness (QED) is 0.468. The van der Waals surface area contributed by atoms with Crippen molar-refractivity contribution in [1.29, 1.82) is 0 Å². The Balaban J connectivity index is 1.80. The molecule has 2 aromatic carbocycles. The Bertz CT molecular complexity index is 1240. The lowest BCUT2D eigenvalue weighted by molar-refractivity contribution is -0.136. The lowest BCUT2D eigenvalue weighted by atomic mass is 10.1. The predicted molar refractivity (Wildman–Crippen MR) is 116 cm³/mol. The van der Waals surface area contributed by atoms with Crippen LogP contribution in [-0.2, 0) is 11.2 Å². The molecule has 156 valence electrons. The van der Waals surface area contributed by atoms with Crippen LogP contribution in [0.4, 0.5) is 0 Å². The number of hydrogen-bond acceptors (Lipinski definition) is 3. The number of aromatic nitrogens is 3. The van der Waals surface area contributed by atoms with Gasteiger partial charge in [-0.05, 0) is 66.9 Å². The van der Waals surface area contributed by atoms with Gasteiger partial charge in [-0.3, -0.25) is 4.79 Å². The molecule has 0 saturated carbocycles. The number of rotatable bonds is 7. The number of imidazole rings is 1. The molecule has 2 heterocycles. The molecule has 0 bridgehead atoms. The average molecular weight is 415 g/mol. The summed E-state index contributed by atoms with van der Waals surface area (Å²) < 4.78 is 3.92. The third-order valence-corrected chi connectivity index (χ3v) is 5.21. The van der Waals surface area contributed by atoms with Crippen LogP contribution in [0, 0.1) is 6.92 Å². The molecule has 0 radical (unpaired) electrons. The Kier molecular flexibility index (Phi) is 5.41. The van der Waals surface area contributed by atoms with Crippen molar-refractivity contribution in [2.24, 2.45) is 0 Å². The van der Waals surface area contributed by atoms with E-state index in [1.807, 2.05) is 58.7 Å². The summed E-state index contributed by atoms with van der Waals surface area (Å²) in [5, 5.41) is 18.4. The van der Waals surface area contributed by atoms with Crippen LogP contribution in [0.2, 0.25) is 0 Å². The fourth-order valence-corrected chi connectivity index (χ4v) is 3.67. The van der Waals surface area contributed by atoms with Gasteiger partial charge in [-0.2, -0.15) is 0 Å². The largest absolute Gasteiger partial charge is 0.481 e. The standard InChI is InChI=1S/C24H21N3O4/c1-16-14-18(24(30)31)4-9-21(16)27-20(8-11-23(28)29)7-10-22(27)17-2-5-19(6-3-17)26-13-12-25-15-26/h2-7,9-10,12-15H,8,11H2,1H3,(H,28,29)(H,30,31). The second-order valence-electron chi connectivity index (χ2n) is 7.26. The highest BCUT2D eigenvalue weighted by atomic mass is 16.4. The van der Waals surface area contributed by atoms with Crippen molar-refractivity contribution in [2.45, 2.75) is 19.8 Å². The van der Waals surface area contributed by atoms with E-state index in [1.54, 1.807) is 30.7 Å². The van der Waals surface area contributed by atoms with Crippen molar-refractivity contribution in [2.75, 3.05) is 0 Å². The maximum absolute atomic E-state index is 11.3. The predicted octanol–water partition coefficient (Wildman–Crippen LogP) is 4.35. The molecule has 0 atom stereocenters. The zero-order valence-electron chi connectivity index (χ0n) is 16.9. The number of aliphatic carboxylic acids is 1. The highest BCUT2D eigenvalue weighted by Gasteiger charge is 2.16. The Labute approximate surface area is 178 Å². The molecule has 0 fully saturated rings. The smallest absolute Gasteiger partial charge is 0.335 e. The van der Waals surface area contributed by atoms with Gasteiger partial charge in [0, 0.05) is 29.5 Å². The molecule has 0 unspecified atom stereocenters. The van der Waals surface area contributed by atoms with Crippen LogP contribution in [-0.4, -0.2) is 36.3 Å². The van der Waals surface area contributed by atoms with Crippen LogP contribution in [0.3, 0.4) is 0 Å². The molecule has 2 N–H and O–H groups in total. The van der Waals surface area contributed by atoms with Crippen molar-refractivity contribution in [3.8, 4) is 22.6 Å². The average Bonchev–Trinajstić information content (AvgIpc) is 3.42. The van der Waals surface area contributed by atoms with E-state index in [2.05, 4.69) is 4.98 Å². The zero-order chi connectivity index (χ0) is 22.0. The molecule has 4 aromatic rings. The summed E-state index contributed by atoms with van der Waals surface area (Å²) in [5.74, 6) is -1.85. The number of carboxylic acid groups (broad SMARTS) is 2. The van der Waals surface area contributed by atoms with Gasteiger partial charge in [0.2, 0.25) is 0 Å². The lowest BCUT2D eigenvalue weighted by Gasteiger charge is -2.17. The van der Waals surface area contributed by atoms with Crippen LogP contribution in [0.15, 0.2) is 73.3 Å². The number of benzene rings is 2. The number of carboxylic acids is 2. The topological polar surface area (TPSA) is 97.4 Å². The van der Waals surface area contributed by atoms with Crippen molar-refractivity contribution >= 4 is 11.9 Å². The van der Waals surface area contributed by atoms with Crippen LogP contribution < -0.4 is 0 Å². The van der Waals surface area contributed by atoms with E-state index in [9.17, 15) is 14.7 Å². The molecule has 0 saturated heterocycles. The highest BCUT2D eigenvalue weighted by molar-refractivity contribution is 5.88. The molecular formula is C24H21N3O4. The Morgan fingerprint density at radius 1 is 1.00 bits per heavy atom. The zero-order valence-corrected chi connectivity index (χ0v) is 16.9. The minimum Gasteiger partial charge on any atom is -0.481 e. The molecule has 0 spiro atoms. The molecule has 2 aromatic heterocycles. The third kappa shape index (κ3) is 4.11. The summed E-state index contributed by atoms with van der Waals surface area (Å²) in [6.45, 7) is 1.86. The maximum atomic E-state index is 11.3. The SMILES string of the molecule is Cc1cc(C(=O)O)ccc1-n1c(CCC(=O)O)ccc1-c1ccc(-n2ccnc2)cc1. The van der Waals surface area contributed by atoms with Gasteiger partial charge in [0.1, 0.15) is 0 Å². The molecule has 7 nitrogen and oxygen atoms in total. The maximum Gasteiger partial charge on any atom is 0.335 e. The van der Waals surface area contributed by atoms with E-state index in [0.717, 1.165) is 33.9 Å². The molecule has 0 aliphatic rings. The Morgan fingerprint density at radius 3 is 2.39 bits per heavy atom. The molecule has 7 heteroatoms. The van der Waals surface area contributed by atoms with Crippen LogP contribution in [0.5, 0.6) is 0 Å². The normalized spacial score (nSPS) is 10.9. The number of aryl methyl sites for hydroxylation is 2. The van der Waals surface area contributed by atoms with Crippen molar-refractivity contribution < 1.29 is 19.8 Å². The van der Waals surface area contributed by atoms with Gasteiger partial charge < -0.3 is 19.3 Å². The minimum atomic E-state index is -0.983. The Morgan fingerprint density at radius 2 is 1.77 bits per heavy atom. The first-order valence-corrected chi connectivity index (χ1v) is 9.79.